The van der Waals surface area contributed by atoms with Crippen LogP contribution in [0.25, 0.3) is 22.0 Å². The largest absolute Gasteiger partial charge is 0.507 e. The number of hydrogen-bond acceptors (Lipinski definition) is 5. The molecule has 0 aliphatic carbocycles. The molecule has 1 aromatic heterocycles. The van der Waals surface area contributed by atoms with Gasteiger partial charge in [-0.3, -0.25) is 4.79 Å². The Morgan fingerprint density at radius 1 is 1.17 bits per heavy atom. The van der Waals surface area contributed by atoms with Crippen molar-refractivity contribution in [1.82, 2.24) is 4.98 Å². The van der Waals surface area contributed by atoms with Crippen molar-refractivity contribution in [2.75, 3.05) is 12.4 Å². The summed E-state index contributed by atoms with van der Waals surface area (Å²) in [5.41, 5.74) is -1.25. The van der Waals surface area contributed by atoms with Gasteiger partial charge in [-0.25, -0.2) is 0 Å². The third-order valence-electron chi connectivity index (χ3n) is 4.16. The van der Waals surface area contributed by atoms with Crippen molar-refractivity contribution in [3.05, 3.63) is 57.3 Å². The number of aromatic nitrogens is 1. The van der Waals surface area contributed by atoms with E-state index in [4.69, 9.17) is 16.7 Å². The Kier molecular flexibility index (Phi) is 6.13. The highest BCUT2D eigenvalue weighted by molar-refractivity contribution is 7.99. The van der Waals surface area contributed by atoms with E-state index in [0.29, 0.717) is 0 Å². The number of thioether (sulfide) groups is 1. The van der Waals surface area contributed by atoms with Crippen LogP contribution in [0.5, 0.6) is 5.75 Å². The molecule has 0 bridgehead atoms. The third kappa shape index (κ3) is 4.53. The van der Waals surface area contributed by atoms with Gasteiger partial charge in [0, 0.05) is 32.8 Å². The number of benzene rings is 2. The normalized spacial score (nSPS) is 13.0. The van der Waals surface area contributed by atoms with Crippen LogP contribution in [0.1, 0.15) is 5.56 Å². The SMILES string of the molecule is O=c1[nH]c2ccc(C(F)(F)F)cc2c(-c2cc(Cl)ccc2O)c1SCC(O)CO. The first-order valence-electron chi connectivity index (χ1n) is 8.29. The van der Waals surface area contributed by atoms with E-state index < -0.39 is 30.0 Å². The smallest absolute Gasteiger partial charge is 0.416 e. The molecule has 2 aromatic carbocycles. The number of aliphatic hydroxyl groups is 2. The lowest BCUT2D eigenvalue weighted by atomic mass is 9.98. The van der Waals surface area contributed by atoms with E-state index in [9.17, 15) is 28.2 Å². The van der Waals surface area contributed by atoms with Gasteiger partial charge in [-0.1, -0.05) is 11.6 Å². The molecule has 0 saturated carbocycles. The van der Waals surface area contributed by atoms with Crippen LogP contribution in [-0.2, 0) is 6.18 Å². The van der Waals surface area contributed by atoms with Crippen LogP contribution in [0.15, 0.2) is 46.1 Å². The summed E-state index contributed by atoms with van der Waals surface area (Å²) in [6.07, 6.45) is -5.75. The fraction of sp³-hybridized carbons (Fsp3) is 0.211. The van der Waals surface area contributed by atoms with Gasteiger partial charge < -0.3 is 20.3 Å². The molecule has 3 aromatic rings. The number of phenolic OH excluding ortho intramolecular Hbond substituents is 1. The quantitative estimate of drug-likeness (QED) is 0.445. The molecule has 0 radical (unpaired) electrons. The van der Waals surface area contributed by atoms with Gasteiger partial charge in [-0.2, -0.15) is 13.2 Å². The summed E-state index contributed by atoms with van der Waals surface area (Å²) >= 11 is 6.86. The Hall–Kier alpha value is -2.20. The first-order chi connectivity index (χ1) is 13.6. The Morgan fingerprint density at radius 3 is 2.55 bits per heavy atom. The molecule has 154 valence electrons. The summed E-state index contributed by atoms with van der Waals surface area (Å²) in [6, 6.07) is 6.89. The third-order valence-corrected chi connectivity index (χ3v) is 5.62. The van der Waals surface area contributed by atoms with Gasteiger partial charge in [0.15, 0.2) is 0 Å². The lowest BCUT2D eigenvalue weighted by Gasteiger charge is -2.16. The van der Waals surface area contributed by atoms with E-state index in [1.54, 1.807) is 0 Å². The van der Waals surface area contributed by atoms with Gasteiger partial charge in [-0.05, 0) is 36.4 Å². The number of aromatic hydroxyl groups is 1. The highest BCUT2D eigenvalue weighted by atomic mass is 35.5. The Balaban J connectivity index is 2.37. The zero-order valence-corrected chi connectivity index (χ0v) is 16.2. The number of H-pyrrole nitrogens is 1. The van der Waals surface area contributed by atoms with Gasteiger partial charge in [0.25, 0.3) is 5.56 Å². The van der Waals surface area contributed by atoms with Crippen LogP contribution in [0.4, 0.5) is 13.2 Å². The summed E-state index contributed by atoms with van der Waals surface area (Å²) in [4.78, 5) is 15.2. The van der Waals surface area contributed by atoms with E-state index >= 15 is 0 Å². The lowest BCUT2D eigenvalue weighted by Crippen LogP contribution is -2.17. The van der Waals surface area contributed by atoms with Crippen LogP contribution in [-0.4, -0.2) is 38.8 Å². The molecule has 0 saturated heterocycles. The molecule has 4 N–H and O–H groups in total. The van der Waals surface area contributed by atoms with E-state index in [1.807, 2.05) is 0 Å². The number of halogens is 4. The van der Waals surface area contributed by atoms with E-state index in [1.165, 1.54) is 18.2 Å². The highest BCUT2D eigenvalue weighted by Gasteiger charge is 2.31. The van der Waals surface area contributed by atoms with Crippen molar-refractivity contribution in [2.45, 2.75) is 17.2 Å². The van der Waals surface area contributed by atoms with Gasteiger partial charge in [-0.15, -0.1) is 11.8 Å². The number of aliphatic hydroxyl groups excluding tert-OH is 2. The number of phenols is 1. The molecule has 0 amide bonds. The highest BCUT2D eigenvalue weighted by Crippen LogP contribution is 2.42. The van der Waals surface area contributed by atoms with Crippen LogP contribution < -0.4 is 5.56 Å². The van der Waals surface area contributed by atoms with Crippen molar-refractivity contribution >= 4 is 34.3 Å². The van der Waals surface area contributed by atoms with Crippen LogP contribution >= 0.6 is 23.4 Å². The predicted molar refractivity (Wildman–Crippen MR) is 105 cm³/mol. The fourth-order valence-electron chi connectivity index (χ4n) is 2.80. The summed E-state index contributed by atoms with van der Waals surface area (Å²) < 4.78 is 39.8. The number of hydrogen-bond donors (Lipinski definition) is 4. The van der Waals surface area contributed by atoms with Crippen molar-refractivity contribution < 1.29 is 28.5 Å². The second-order valence-electron chi connectivity index (χ2n) is 6.23. The number of rotatable bonds is 5. The van der Waals surface area contributed by atoms with Gasteiger partial charge in [0.05, 0.1) is 23.2 Å². The fourth-order valence-corrected chi connectivity index (χ4v) is 3.98. The summed E-state index contributed by atoms with van der Waals surface area (Å²) in [5, 5.41) is 29.2. The number of fused-ring (bicyclic) bond motifs is 1. The van der Waals surface area contributed by atoms with Gasteiger partial charge >= 0.3 is 6.18 Å². The van der Waals surface area contributed by atoms with Crippen molar-refractivity contribution in [2.24, 2.45) is 0 Å². The molecule has 10 heteroatoms. The maximum atomic E-state index is 13.3. The molecule has 29 heavy (non-hydrogen) atoms. The first kappa shape index (κ1) is 21.5. The molecule has 5 nitrogen and oxygen atoms in total. The molecule has 1 heterocycles. The van der Waals surface area contributed by atoms with E-state index in [0.717, 1.165) is 30.0 Å². The molecule has 0 aliphatic heterocycles. The first-order valence-corrected chi connectivity index (χ1v) is 9.66. The average molecular weight is 446 g/mol. The Bertz CT molecular complexity index is 1120. The molecule has 1 atom stereocenters. The zero-order valence-electron chi connectivity index (χ0n) is 14.6. The number of aromatic amines is 1. The lowest BCUT2D eigenvalue weighted by molar-refractivity contribution is -0.137. The minimum Gasteiger partial charge on any atom is -0.507 e. The minimum atomic E-state index is -4.61. The molecule has 0 aliphatic rings. The molecule has 1 unspecified atom stereocenters. The topological polar surface area (TPSA) is 93.6 Å². The summed E-state index contributed by atoms with van der Waals surface area (Å²) in [5.74, 6) is -0.360. The zero-order chi connectivity index (χ0) is 21.3. The number of pyridine rings is 1. The molecule has 0 fully saturated rings. The second-order valence-corrected chi connectivity index (χ2v) is 7.69. The summed E-state index contributed by atoms with van der Waals surface area (Å²) in [7, 11) is 0. The standard InChI is InChI=1S/C19H15ClF3NO4S/c20-10-2-4-15(27)13(6-10)16-12-5-9(19(21,22)23)1-3-14(12)24-18(28)17(16)29-8-11(26)7-25/h1-6,11,25-27H,7-8H2,(H,24,28). The molecule has 3 rings (SSSR count). The Labute approximate surface area is 171 Å². The average Bonchev–Trinajstić information content (AvgIpc) is 2.66. The molecular formula is C19H15ClF3NO4S. The van der Waals surface area contributed by atoms with Crippen LogP contribution in [0, 0.1) is 0 Å². The monoisotopic (exact) mass is 445 g/mol. The summed E-state index contributed by atoms with van der Waals surface area (Å²) in [6.45, 7) is -0.547. The molecule has 0 spiro atoms. The van der Waals surface area contributed by atoms with E-state index in [2.05, 4.69) is 4.98 Å². The number of alkyl halides is 3. The van der Waals surface area contributed by atoms with E-state index in [-0.39, 0.29) is 43.5 Å². The maximum Gasteiger partial charge on any atom is 0.416 e. The maximum absolute atomic E-state index is 13.3. The van der Waals surface area contributed by atoms with Gasteiger partial charge in [0.1, 0.15) is 5.75 Å². The van der Waals surface area contributed by atoms with Crippen molar-refractivity contribution in [1.29, 1.82) is 0 Å². The van der Waals surface area contributed by atoms with Gasteiger partial charge in [0.2, 0.25) is 0 Å². The van der Waals surface area contributed by atoms with Crippen LogP contribution in [0.2, 0.25) is 5.02 Å². The minimum absolute atomic E-state index is 0.0121. The second kappa shape index (κ2) is 8.27. The molecular weight excluding hydrogens is 431 g/mol. The number of nitrogens with one attached hydrogen (secondary N) is 1. The van der Waals surface area contributed by atoms with Crippen molar-refractivity contribution in [3.8, 4) is 16.9 Å². The Morgan fingerprint density at radius 2 is 1.90 bits per heavy atom. The van der Waals surface area contributed by atoms with Crippen LogP contribution in [0.3, 0.4) is 0 Å². The van der Waals surface area contributed by atoms with Crippen molar-refractivity contribution in [3.63, 3.8) is 0 Å². The predicted octanol–water partition coefficient (Wildman–Crippen LogP) is 4.02.